The van der Waals surface area contributed by atoms with Crippen LogP contribution in [0.4, 0.5) is 0 Å². The van der Waals surface area contributed by atoms with Crippen LogP contribution in [0.5, 0.6) is 5.75 Å². The summed E-state index contributed by atoms with van der Waals surface area (Å²) in [5.74, 6) is 0.637. The maximum absolute atomic E-state index is 10.9. The molecule has 0 saturated carbocycles. The summed E-state index contributed by atoms with van der Waals surface area (Å²) >= 11 is 1.50. The number of hydrogen-bond acceptors (Lipinski definition) is 7. The fourth-order valence-corrected chi connectivity index (χ4v) is 4.05. The van der Waals surface area contributed by atoms with Gasteiger partial charge in [-0.25, -0.2) is 0 Å². The third kappa shape index (κ3) is 5.71. The van der Waals surface area contributed by atoms with E-state index in [9.17, 15) is 10.2 Å². The van der Waals surface area contributed by atoms with E-state index >= 15 is 0 Å². The average molecular weight is 443 g/mol. The second-order valence-electron chi connectivity index (χ2n) is 7.32. The first-order chi connectivity index (χ1) is 15.2. The highest BCUT2D eigenvalue weighted by Gasteiger charge is 2.48. The minimum Gasteiger partial charge on any atom is -0.461 e. The van der Waals surface area contributed by atoms with E-state index in [1.807, 2.05) is 77.5 Å². The van der Waals surface area contributed by atoms with E-state index in [1.165, 1.54) is 11.3 Å². The van der Waals surface area contributed by atoms with Crippen molar-refractivity contribution in [3.8, 4) is 5.75 Å². The molecule has 2 heterocycles. The van der Waals surface area contributed by atoms with Gasteiger partial charge in [-0.2, -0.15) is 0 Å². The Morgan fingerprint density at radius 3 is 2.00 bits per heavy atom. The molecule has 0 amide bonds. The van der Waals surface area contributed by atoms with Crippen LogP contribution in [0.1, 0.15) is 11.1 Å². The zero-order chi connectivity index (χ0) is 21.5. The van der Waals surface area contributed by atoms with E-state index in [-0.39, 0.29) is 13.2 Å². The topological polar surface area (TPSA) is 77.4 Å². The summed E-state index contributed by atoms with van der Waals surface area (Å²) < 4.78 is 24.2. The zero-order valence-electron chi connectivity index (χ0n) is 16.9. The van der Waals surface area contributed by atoms with Crippen molar-refractivity contribution in [3.05, 3.63) is 88.6 Å². The van der Waals surface area contributed by atoms with Crippen molar-refractivity contribution >= 4 is 11.3 Å². The summed E-state index contributed by atoms with van der Waals surface area (Å²) in [6.45, 7) is 0.235. The summed E-state index contributed by atoms with van der Waals surface area (Å²) in [6.07, 6.45) is -4.22. The Hall–Kier alpha value is -2.26. The number of aliphatic hydroxyl groups is 2. The Morgan fingerprint density at radius 1 is 0.839 bits per heavy atom. The molecular weight excluding hydrogens is 416 g/mol. The first-order valence-electron chi connectivity index (χ1n) is 10.2. The lowest BCUT2D eigenvalue weighted by Gasteiger charge is -2.43. The Labute approximate surface area is 185 Å². The van der Waals surface area contributed by atoms with Crippen LogP contribution in [0, 0.1) is 0 Å². The fourth-order valence-electron chi connectivity index (χ4n) is 3.49. The molecule has 0 spiro atoms. The van der Waals surface area contributed by atoms with E-state index < -0.39 is 30.7 Å². The van der Waals surface area contributed by atoms with Gasteiger partial charge in [-0.1, -0.05) is 60.7 Å². The van der Waals surface area contributed by atoms with Gasteiger partial charge in [0.05, 0.1) is 19.8 Å². The van der Waals surface area contributed by atoms with Gasteiger partial charge < -0.3 is 29.2 Å². The number of thiophene rings is 1. The van der Waals surface area contributed by atoms with E-state index in [2.05, 4.69) is 0 Å². The molecule has 1 aliphatic rings. The number of ether oxygens (including phenoxy) is 4. The Balaban J connectivity index is 1.55. The third-order valence-corrected chi connectivity index (χ3v) is 5.78. The van der Waals surface area contributed by atoms with Crippen molar-refractivity contribution in [3.63, 3.8) is 0 Å². The van der Waals surface area contributed by atoms with Gasteiger partial charge in [0, 0.05) is 5.38 Å². The van der Waals surface area contributed by atoms with Crippen LogP contribution in [0.25, 0.3) is 0 Å². The molecule has 1 aliphatic heterocycles. The lowest BCUT2D eigenvalue weighted by Crippen LogP contribution is -2.61. The SMILES string of the molecule is OC[C@H]1O[C@H](Oc2ccsc2)[C@H](OCc2ccccc2)[C@@H](OCc2ccccc2)[C@@H]1O. The molecule has 6 nitrogen and oxygen atoms in total. The molecule has 31 heavy (non-hydrogen) atoms. The standard InChI is InChI=1S/C24H26O6S/c25-13-20-21(26)22(27-14-17-7-3-1-4-8-17)23(28-15-18-9-5-2-6-10-18)24(30-20)29-19-11-12-31-16-19/h1-12,16,20-26H,13-15H2/t20-,21-,22+,23-,24+/m1/s1. The van der Waals surface area contributed by atoms with Crippen LogP contribution in [0.15, 0.2) is 77.5 Å². The molecule has 164 valence electrons. The average Bonchev–Trinajstić information content (AvgIpc) is 3.32. The highest BCUT2D eigenvalue weighted by Crippen LogP contribution is 2.30. The predicted octanol–water partition coefficient (Wildman–Crippen LogP) is 3.38. The van der Waals surface area contributed by atoms with Gasteiger partial charge in [-0.15, -0.1) is 11.3 Å². The number of benzene rings is 2. The molecule has 5 atom stereocenters. The van der Waals surface area contributed by atoms with Crippen LogP contribution < -0.4 is 4.74 Å². The highest BCUT2D eigenvalue weighted by molar-refractivity contribution is 7.08. The van der Waals surface area contributed by atoms with Gasteiger partial charge in [-0.05, 0) is 22.6 Å². The van der Waals surface area contributed by atoms with Gasteiger partial charge in [0.2, 0.25) is 6.29 Å². The van der Waals surface area contributed by atoms with Crippen molar-refractivity contribution in [2.75, 3.05) is 6.61 Å². The van der Waals surface area contributed by atoms with Gasteiger partial charge in [0.1, 0.15) is 30.2 Å². The monoisotopic (exact) mass is 442 g/mol. The largest absolute Gasteiger partial charge is 0.461 e. The molecule has 1 saturated heterocycles. The normalized spacial score (nSPS) is 25.9. The second-order valence-corrected chi connectivity index (χ2v) is 8.10. The molecule has 7 heteroatoms. The summed E-state index contributed by atoms with van der Waals surface area (Å²) in [5, 5.41) is 24.4. The van der Waals surface area contributed by atoms with Crippen LogP contribution in [0.3, 0.4) is 0 Å². The number of rotatable bonds is 9. The zero-order valence-corrected chi connectivity index (χ0v) is 17.8. The fraction of sp³-hybridized carbons (Fsp3) is 0.333. The van der Waals surface area contributed by atoms with E-state index in [1.54, 1.807) is 0 Å². The van der Waals surface area contributed by atoms with Gasteiger partial charge in [-0.3, -0.25) is 0 Å². The molecule has 2 N–H and O–H groups in total. The molecule has 4 rings (SSSR count). The van der Waals surface area contributed by atoms with Gasteiger partial charge in [0.15, 0.2) is 0 Å². The molecule has 3 aromatic rings. The van der Waals surface area contributed by atoms with E-state index in [4.69, 9.17) is 18.9 Å². The van der Waals surface area contributed by atoms with Crippen LogP contribution >= 0.6 is 11.3 Å². The smallest absolute Gasteiger partial charge is 0.229 e. The molecule has 0 bridgehead atoms. The van der Waals surface area contributed by atoms with Crippen LogP contribution in [-0.4, -0.2) is 47.5 Å². The van der Waals surface area contributed by atoms with Crippen LogP contribution in [0.2, 0.25) is 0 Å². The van der Waals surface area contributed by atoms with E-state index in [0.29, 0.717) is 12.4 Å². The Bertz CT molecular complexity index is 889. The predicted molar refractivity (Wildman–Crippen MR) is 117 cm³/mol. The van der Waals surface area contributed by atoms with Crippen molar-refractivity contribution < 1.29 is 29.2 Å². The molecule has 2 aromatic carbocycles. The quantitative estimate of drug-likeness (QED) is 0.529. The van der Waals surface area contributed by atoms with Gasteiger partial charge >= 0.3 is 0 Å². The van der Waals surface area contributed by atoms with Gasteiger partial charge in [0.25, 0.3) is 0 Å². The summed E-state index contributed by atoms with van der Waals surface area (Å²) in [6, 6.07) is 21.3. The summed E-state index contributed by atoms with van der Waals surface area (Å²) in [5.41, 5.74) is 1.95. The minimum absolute atomic E-state index is 0.289. The van der Waals surface area contributed by atoms with Crippen molar-refractivity contribution in [1.82, 2.24) is 0 Å². The Kier molecular flexibility index (Phi) is 7.69. The number of aliphatic hydroxyl groups excluding tert-OH is 2. The first-order valence-corrected chi connectivity index (χ1v) is 11.1. The molecule has 1 aromatic heterocycles. The lowest BCUT2D eigenvalue weighted by molar-refractivity contribution is -0.299. The number of hydrogen-bond donors (Lipinski definition) is 2. The molecular formula is C24H26O6S. The molecule has 0 aliphatic carbocycles. The summed E-state index contributed by atoms with van der Waals surface area (Å²) in [7, 11) is 0. The highest BCUT2D eigenvalue weighted by atomic mass is 32.1. The maximum Gasteiger partial charge on any atom is 0.229 e. The van der Waals surface area contributed by atoms with Crippen molar-refractivity contribution in [2.45, 2.75) is 43.9 Å². The second kappa shape index (κ2) is 10.9. The van der Waals surface area contributed by atoms with Crippen molar-refractivity contribution in [2.24, 2.45) is 0 Å². The first kappa shape index (κ1) is 22.0. The van der Waals surface area contributed by atoms with E-state index in [0.717, 1.165) is 11.1 Å². The molecule has 0 unspecified atom stereocenters. The van der Waals surface area contributed by atoms with Crippen LogP contribution in [-0.2, 0) is 27.4 Å². The lowest BCUT2D eigenvalue weighted by atomic mass is 9.98. The third-order valence-electron chi connectivity index (χ3n) is 5.12. The Morgan fingerprint density at radius 2 is 1.45 bits per heavy atom. The van der Waals surface area contributed by atoms with Crippen molar-refractivity contribution in [1.29, 1.82) is 0 Å². The molecule has 0 radical (unpaired) electrons. The summed E-state index contributed by atoms with van der Waals surface area (Å²) in [4.78, 5) is 0. The molecule has 1 fully saturated rings. The maximum atomic E-state index is 10.9. The minimum atomic E-state index is -1.07.